The van der Waals surface area contributed by atoms with Crippen LogP contribution >= 0.6 is 0 Å². The van der Waals surface area contributed by atoms with Gasteiger partial charge < -0.3 is 14.4 Å². The van der Waals surface area contributed by atoms with E-state index in [2.05, 4.69) is 46.0 Å². The van der Waals surface area contributed by atoms with Crippen molar-refractivity contribution in [3.05, 3.63) is 65.7 Å². The molecule has 0 radical (unpaired) electrons. The van der Waals surface area contributed by atoms with Crippen molar-refractivity contribution in [1.29, 1.82) is 0 Å². The SMILES string of the molecule is COC(=O)CCCc1ccc(N(CCOC(C)=O)Cc2ccccc2)cc1. The van der Waals surface area contributed by atoms with Crippen molar-refractivity contribution in [2.24, 2.45) is 0 Å². The second-order valence-electron chi connectivity index (χ2n) is 6.34. The first-order chi connectivity index (χ1) is 13.1. The number of anilines is 1. The highest BCUT2D eigenvalue weighted by Crippen LogP contribution is 2.19. The number of nitrogens with zero attached hydrogens (tertiary/aromatic N) is 1. The molecule has 0 amide bonds. The van der Waals surface area contributed by atoms with E-state index in [1.165, 1.54) is 25.2 Å². The summed E-state index contributed by atoms with van der Waals surface area (Å²) >= 11 is 0. The van der Waals surface area contributed by atoms with Crippen LogP contribution in [0.2, 0.25) is 0 Å². The molecule has 0 unspecified atom stereocenters. The van der Waals surface area contributed by atoms with Gasteiger partial charge in [0, 0.05) is 25.6 Å². The largest absolute Gasteiger partial charge is 0.469 e. The van der Waals surface area contributed by atoms with Crippen molar-refractivity contribution in [1.82, 2.24) is 0 Å². The smallest absolute Gasteiger partial charge is 0.305 e. The van der Waals surface area contributed by atoms with E-state index in [4.69, 9.17) is 4.74 Å². The van der Waals surface area contributed by atoms with E-state index in [0.29, 0.717) is 19.6 Å². The predicted octanol–water partition coefficient (Wildman–Crippen LogP) is 3.75. The summed E-state index contributed by atoms with van der Waals surface area (Å²) in [6, 6.07) is 18.5. The average Bonchev–Trinajstić information content (AvgIpc) is 2.68. The lowest BCUT2D eigenvalue weighted by Gasteiger charge is -2.25. The van der Waals surface area contributed by atoms with Crippen LogP contribution in [0.15, 0.2) is 54.6 Å². The third-order valence-electron chi connectivity index (χ3n) is 4.26. The van der Waals surface area contributed by atoms with E-state index in [0.717, 1.165) is 25.1 Å². The minimum Gasteiger partial charge on any atom is -0.469 e. The lowest BCUT2D eigenvalue weighted by Crippen LogP contribution is -2.27. The predicted molar refractivity (Wildman–Crippen MR) is 106 cm³/mol. The second kappa shape index (κ2) is 11.0. The van der Waals surface area contributed by atoms with Crippen molar-refractivity contribution in [3.8, 4) is 0 Å². The Morgan fingerprint density at radius 2 is 1.67 bits per heavy atom. The summed E-state index contributed by atoms with van der Waals surface area (Å²) in [5, 5.41) is 0. The van der Waals surface area contributed by atoms with E-state index in [1.54, 1.807) is 0 Å². The summed E-state index contributed by atoms with van der Waals surface area (Å²) in [6.07, 6.45) is 2.04. The van der Waals surface area contributed by atoms with E-state index >= 15 is 0 Å². The zero-order valence-electron chi connectivity index (χ0n) is 16.0. The van der Waals surface area contributed by atoms with E-state index in [9.17, 15) is 9.59 Å². The van der Waals surface area contributed by atoms with E-state index in [-0.39, 0.29) is 11.9 Å². The van der Waals surface area contributed by atoms with Gasteiger partial charge in [0.25, 0.3) is 0 Å². The fourth-order valence-electron chi connectivity index (χ4n) is 2.82. The topological polar surface area (TPSA) is 55.8 Å². The van der Waals surface area contributed by atoms with Crippen molar-refractivity contribution in [3.63, 3.8) is 0 Å². The van der Waals surface area contributed by atoms with Crippen LogP contribution in [0.3, 0.4) is 0 Å². The summed E-state index contributed by atoms with van der Waals surface area (Å²) < 4.78 is 9.79. The zero-order valence-corrected chi connectivity index (χ0v) is 16.0. The molecule has 5 nitrogen and oxygen atoms in total. The number of benzene rings is 2. The number of esters is 2. The fourth-order valence-corrected chi connectivity index (χ4v) is 2.82. The highest BCUT2D eigenvalue weighted by molar-refractivity contribution is 5.69. The zero-order chi connectivity index (χ0) is 19.5. The number of carbonyl (C=O) groups is 2. The van der Waals surface area contributed by atoms with Crippen LogP contribution in [0.5, 0.6) is 0 Å². The monoisotopic (exact) mass is 369 g/mol. The van der Waals surface area contributed by atoms with Crippen LogP contribution < -0.4 is 4.90 Å². The molecule has 144 valence electrons. The maximum Gasteiger partial charge on any atom is 0.305 e. The summed E-state index contributed by atoms with van der Waals surface area (Å²) in [4.78, 5) is 24.5. The maximum atomic E-state index is 11.2. The second-order valence-corrected chi connectivity index (χ2v) is 6.34. The van der Waals surface area contributed by atoms with E-state index < -0.39 is 0 Å². The molecule has 2 aromatic rings. The molecule has 0 bridgehead atoms. The molecule has 0 heterocycles. The average molecular weight is 369 g/mol. The van der Waals surface area contributed by atoms with Crippen LogP contribution in [0.4, 0.5) is 5.69 Å². The van der Waals surface area contributed by atoms with Crippen molar-refractivity contribution < 1.29 is 19.1 Å². The van der Waals surface area contributed by atoms with Crippen LogP contribution in [0.25, 0.3) is 0 Å². The normalized spacial score (nSPS) is 10.3. The first-order valence-corrected chi connectivity index (χ1v) is 9.16. The van der Waals surface area contributed by atoms with Crippen molar-refractivity contribution >= 4 is 17.6 Å². The summed E-state index contributed by atoms with van der Waals surface area (Å²) in [6.45, 7) is 3.13. The Morgan fingerprint density at radius 1 is 0.963 bits per heavy atom. The molecule has 0 aromatic heterocycles. The van der Waals surface area contributed by atoms with Gasteiger partial charge in [0.2, 0.25) is 0 Å². The Kier molecular flexibility index (Phi) is 8.36. The molecule has 5 heteroatoms. The lowest BCUT2D eigenvalue weighted by atomic mass is 10.1. The molecular formula is C22H27NO4. The molecule has 0 spiro atoms. The molecule has 0 atom stereocenters. The third kappa shape index (κ3) is 7.52. The number of hydrogen-bond acceptors (Lipinski definition) is 5. The van der Waals surface area contributed by atoms with Gasteiger partial charge in [-0.1, -0.05) is 42.5 Å². The molecule has 2 rings (SSSR count). The summed E-state index contributed by atoms with van der Waals surface area (Å²) in [7, 11) is 1.41. The van der Waals surface area contributed by atoms with Crippen molar-refractivity contribution in [2.45, 2.75) is 32.7 Å². The minimum atomic E-state index is -0.268. The number of methoxy groups -OCH3 is 1. The van der Waals surface area contributed by atoms with Gasteiger partial charge in [-0.25, -0.2) is 0 Å². The number of aryl methyl sites for hydroxylation is 1. The molecule has 0 fully saturated rings. The van der Waals surface area contributed by atoms with Gasteiger partial charge in [-0.3, -0.25) is 9.59 Å². The maximum absolute atomic E-state index is 11.2. The molecule has 0 aliphatic carbocycles. The van der Waals surface area contributed by atoms with Gasteiger partial charge >= 0.3 is 11.9 Å². The standard InChI is InChI=1S/C22H27NO4/c1-18(24)27-16-15-23(17-20-7-4-3-5-8-20)21-13-11-19(12-14-21)9-6-10-22(25)26-2/h3-5,7-8,11-14H,6,9-10,15-17H2,1-2H3. The fraction of sp³-hybridized carbons (Fsp3) is 0.364. The number of hydrogen-bond donors (Lipinski definition) is 0. The molecule has 0 aliphatic rings. The van der Waals surface area contributed by atoms with Gasteiger partial charge in [0.05, 0.1) is 13.7 Å². The van der Waals surface area contributed by atoms with Gasteiger partial charge in [0.1, 0.15) is 6.61 Å². The highest BCUT2D eigenvalue weighted by Gasteiger charge is 2.09. The van der Waals surface area contributed by atoms with Gasteiger partial charge in [-0.2, -0.15) is 0 Å². The molecule has 0 N–H and O–H groups in total. The first kappa shape index (κ1) is 20.5. The van der Waals surface area contributed by atoms with Crippen LogP contribution in [0, 0.1) is 0 Å². The molecule has 0 saturated carbocycles. The molecule has 0 saturated heterocycles. The van der Waals surface area contributed by atoms with Crippen LogP contribution in [-0.4, -0.2) is 32.2 Å². The summed E-state index contributed by atoms with van der Waals surface area (Å²) in [5.41, 5.74) is 3.45. The number of rotatable bonds is 10. The number of ether oxygens (including phenoxy) is 2. The van der Waals surface area contributed by atoms with Crippen LogP contribution in [0.1, 0.15) is 30.9 Å². The Bertz CT molecular complexity index is 713. The Labute approximate surface area is 160 Å². The minimum absolute atomic E-state index is 0.175. The van der Waals surface area contributed by atoms with Gasteiger partial charge in [0.15, 0.2) is 0 Å². The Balaban J connectivity index is 2.00. The molecule has 0 aliphatic heterocycles. The van der Waals surface area contributed by atoms with Gasteiger partial charge in [-0.15, -0.1) is 0 Å². The van der Waals surface area contributed by atoms with Gasteiger partial charge in [-0.05, 0) is 36.1 Å². The quantitative estimate of drug-likeness (QED) is 0.597. The number of carbonyl (C=O) groups excluding carboxylic acids is 2. The van der Waals surface area contributed by atoms with Crippen molar-refractivity contribution in [2.75, 3.05) is 25.2 Å². The molecule has 2 aromatic carbocycles. The van der Waals surface area contributed by atoms with E-state index in [1.807, 2.05) is 18.2 Å². The Morgan fingerprint density at radius 3 is 2.30 bits per heavy atom. The molecule has 27 heavy (non-hydrogen) atoms. The first-order valence-electron chi connectivity index (χ1n) is 9.16. The Hall–Kier alpha value is -2.82. The third-order valence-corrected chi connectivity index (χ3v) is 4.26. The highest BCUT2D eigenvalue weighted by atomic mass is 16.5. The molecular weight excluding hydrogens is 342 g/mol. The lowest BCUT2D eigenvalue weighted by molar-refractivity contribution is -0.141. The van der Waals surface area contributed by atoms with Crippen LogP contribution in [-0.2, 0) is 32.0 Å². The summed E-state index contributed by atoms with van der Waals surface area (Å²) in [5.74, 6) is -0.443.